The highest BCUT2D eigenvalue weighted by Crippen LogP contribution is 2.30. The van der Waals surface area contributed by atoms with Crippen LogP contribution in [0.25, 0.3) is 6.08 Å². The van der Waals surface area contributed by atoms with Crippen LogP contribution in [0.5, 0.6) is 11.5 Å². The quantitative estimate of drug-likeness (QED) is 0.688. The van der Waals surface area contributed by atoms with Gasteiger partial charge in [0, 0.05) is 6.04 Å². The summed E-state index contributed by atoms with van der Waals surface area (Å²) in [7, 11) is 1.54. The number of amides is 1. The number of methoxy groups -OCH3 is 1. The lowest BCUT2D eigenvalue weighted by Crippen LogP contribution is -2.45. The van der Waals surface area contributed by atoms with Crippen molar-refractivity contribution >= 4 is 18.0 Å². The summed E-state index contributed by atoms with van der Waals surface area (Å²) in [5.41, 5.74) is 0.970. The predicted molar refractivity (Wildman–Crippen MR) is 108 cm³/mol. The van der Waals surface area contributed by atoms with E-state index in [1.54, 1.807) is 6.07 Å². The summed E-state index contributed by atoms with van der Waals surface area (Å²) in [5.74, 6) is 1.12. The topological polar surface area (TPSA) is 73.9 Å². The van der Waals surface area contributed by atoms with Crippen molar-refractivity contribution < 1.29 is 23.8 Å². The van der Waals surface area contributed by atoms with E-state index >= 15 is 0 Å². The first-order valence-corrected chi connectivity index (χ1v) is 9.83. The number of hydrogen-bond acceptors (Lipinski definition) is 5. The third kappa shape index (κ3) is 6.29. The molecule has 1 amide bonds. The second-order valence-electron chi connectivity index (χ2n) is 7.30. The molecule has 28 heavy (non-hydrogen) atoms. The summed E-state index contributed by atoms with van der Waals surface area (Å²) >= 11 is 0. The first-order valence-electron chi connectivity index (χ1n) is 9.83. The minimum absolute atomic E-state index is 0.145. The molecule has 6 nitrogen and oxygen atoms in total. The molecular weight excluding hydrogens is 358 g/mol. The maximum Gasteiger partial charge on any atom is 0.344 e. The zero-order chi connectivity index (χ0) is 20.5. The van der Waals surface area contributed by atoms with Gasteiger partial charge in [-0.15, -0.1) is 0 Å². The van der Waals surface area contributed by atoms with Crippen LogP contribution in [0.1, 0.15) is 45.6 Å². The predicted octanol–water partition coefficient (Wildman–Crippen LogP) is 3.59. The van der Waals surface area contributed by atoms with Gasteiger partial charge in [-0.25, -0.2) is 4.79 Å². The molecule has 1 N–H and O–H groups in total. The molecule has 3 atom stereocenters. The molecule has 0 saturated heterocycles. The Kier molecular flexibility index (Phi) is 8.36. The van der Waals surface area contributed by atoms with E-state index in [-0.39, 0.29) is 25.2 Å². The van der Waals surface area contributed by atoms with Gasteiger partial charge < -0.3 is 19.5 Å². The number of carbonyl (C=O) groups is 2. The Hall–Kier alpha value is -2.50. The number of allylic oxidation sites excluding steroid dienone is 1. The van der Waals surface area contributed by atoms with Crippen molar-refractivity contribution in [2.45, 2.75) is 46.1 Å². The Bertz CT molecular complexity index is 700. The van der Waals surface area contributed by atoms with E-state index in [4.69, 9.17) is 14.2 Å². The fraction of sp³-hybridized carbons (Fsp3) is 0.545. The number of ether oxygens (including phenoxy) is 3. The maximum atomic E-state index is 12.1. The average Bonchev–Trinajstić information content (AvgIpc) is 2.69. The molecule has 0 radical (unpaired) electrons. The first kappa shape index (κ1) is 21.8. The van der Waals surface area contributed by atoms with E-state index in [2.05, 4.69) is 19.2 Å². The molecule has 0 aliphatic heterocycles. The fourth-order valence-corrected chi connectivity index (χ4v) is 3.46. The summed E-state index contributed by atoms with van der Waals surface area (Å²) in [6.45, 7) is 5.71. The average molecular weight is 389 g/mol. The van der Waals surface area contributed by atoms with Gasteiger partial charge in [0.15, 0.2) is 24.7 Å². The molecule has 0 unspecified atom stereocenters. The van der Waals surface area contributed by atoms with Crippen LogP contribution in [-0.2, 0) is 14.3 Å². The SMILES string of the molecule is C/C=C/c1ccc(OCC(=O)OCC(=O)N[C@H]2CCC[C@H](C)[C@@H]2C)c(OC)c1. The summed E-state index contributed by atoms with van der Waals surface area (Å²) in [6, 6.07) is 5.56. The number of carbonyl (C=O) groups excluding carboxylic acids is 2. The van der Waals surface area contributed by atoms with Crippen LogP contribution >= 0.6 is 0 Å². The van der Waals surface area contributed by atoms with Gasteiger partial charge in [-0.2, -0.15) is 0 Å². The van der Waals surface area contributed by atoms with Gasteiger partial charge in [-0.1, -0.05) is 44.9 Å². The van der Waals surface area contributed by atoms with Gasteiger partial charge >= 0.3 is 5.97 Å². The Labute approximate surface area is 167 Å². The Balaban J connectivity index is 1.77. The molecule has 1 saturated carbocycles. The van der Waals surface area contributed by atoms with E-state index in [1.807, 2.05) is 31.2 Å². The van der Waals surface area contributed by atoms with Crippen molar-refractivity contribution in [3.63, 3.8) is 0 Å². The highest BCUT2D eigenvalue weighted by atomic mass is 16.6. The van der Waals surface area contributed by atoms with Crippen LogP contribution in [0, 0.1) is 11.8 Å². The van der Waals surface area contributed by atoms with Gasteiger partial charge in [0.05, 0.1) is 7.11 Å². The number of benzene rings is 1. The second-order valence-corrected chi connectivity index (χ2v) is 7.30. The monoisotopic (exact) mass is 389 g/mol. The number of rotatable bonds is 8. The second kappa shape index (κ2) is 10.7. The standard InChI is InChI=1S/C22H31NO5/c1-5-7-17-10-11-19(20(12-17)26-4)27-14-22(25)28-13-21(24)23-18-9-6-8-15(2)16(18)3/h5,7,10-12,15-16,18H,6,8-9,13-14H2,1-4H3,(H,23,24)/b7-5+/t15-,16-,18-/m0/s1. The van der Waals surface area contributed by atoms with Crippen LogP contribution in [0.4, 0.5) is 0 Å². The lowest BCUT2D eigenvalue weighted by molar-refractivity contribution is -0.150. The number of hydrogen-bond donors (Lipinski definition) is 1. The fourth-order valence-electron chi connectivity index (χ4n) is 3.46. The molecule has 1 aromatic rings. The smallest absolute Gasteiger partial charge is 0.344 e. The van der Waals surface area contributed by atoms with E-state index in [1.165, 1.54) is 13.5 Å². The zero-order valence-corrected chi connectivity index (χ0v) is 17.2. The van der Waals surface area contributed by atoms with Crippen LogP contribution in [0.2, 0.25) is 0 Å². The highest BCUT2D eigenvalue weighted by molar-refractivity contribution is 5.81. The zero-order valence-electron chi connectivity index (χ0n) is 17.2. The third-order valence-corrected chi connectivity index (χ3v) is 5.31. The summed E-state index contributed by atoms with van der Waals surface area (Å²) in [5, 5.41) is 2.98. The molecule has 1 aromatic carbocycles. The van der Waals surface area contributed by atoms with Crippen LogP contribution in [-0.4, -0.2) is 38.2 Å². The molecule has 6 heteroatoms. The van der Waals surface area contributed by atoms with Crippen molar-refractivity contribution in [1.82, 2.24) is 5.32 Å². The van der Waals surface area contributed by atoms with E-state index < -0.39 is 5.97 Å². The molecule has 1 fully saturated rings. The molecule has 0 bridgehead atoms. The molecule has 0 aromatic heterocycles. The van der Waals surface area contributed by atoms with Crippen molar-refractivity contribution in [2.75, 3.05) is 20.3 Å². The van der Waals surface area contributed by atoms with Gasteiger partial charge in [-0.3, -0.25) is 4.79 Å². The molecule has 154 valence electrons. The van der Waals surface area contributed by atoms with Crippen molar-refractivity contribution in [3.8, 4) is 11.5 Å². The van der Waals surface area contributed by atoms with E-state index in [0.29, 0.717) is 23.3 Å². The first-order chi connectivity index (χ1) is 13.4. The molecule has 1 aliphatic rings. The third-order valence-electron chi connectivity index (χ3n) is 5.31. The minimum Gasteiger partial charge on any atom is -0.493 e. The summed E-state index contributed by atoms with van der Waals surface area (Å²) in [6.07, 6.45) is 7.13. The van der Waals surface area contributed by atoms with Crippen molar-refractivity contribution in [2.24, 2.45) is 11.8 Å². The largest absolute Gasteiger partial charge is 0.493 e. The number of esters is 1. The van der Waals surface area contributed by atoms with Crippen LogP contribution < -0.4 is 14.8 Å². The van der Waals surface area contributed by atoms with Gasteiger partial charge in [-0.05, 0) is 42.9 Å². The van der Waals surface area contributed by atoms with Gasteiger partial charge in [0.1, 0.15) is 0 Å². The Morgan fingerprint density at radius 1 is 1.18 bits per heavy atom. The van der Waals surface area contributed by atoms with E-state index in [0.717, 1.165) is 18.4 Å². The van der Waals surface area contributed by atoms with E-state index in [9.17, 15) is 9.59 Å². The maximum absolute atomic E-state index is 12.1. The van der Waals surface area contributed by atoms with Crippen LogP contribution in [0.3, 0.4) is 0 Å². The van der Waals surface area contributed by atoms with Crippen LogP contribution in [0.15, 0.2) is 24.3 Å². The molecule has 0 spiro atoms. The lowest BCUT2D eigenvalue weighted by Gasteiger charge is -2.34. The van der Waals surface area contributed by atoms with Gasteiger partial charge in [0.25, 0.3) is 5.91 Å². The highest BCUT2D eigenvalue weighted by Gasteiger charge is 2.28. The van der Waals surface area contributed by atoms with Crippen molar-refractivity contribution in [3.05, 3.63) is 29.8 Å². The Morgan fingerprint density at radius 3 is 2.68 bits per heavy atom. The molecular formula is C22H31NO5. The number of nitrogens with one attached hydrogen (secondary N) is 1. The lowest BCUT2D eigenvalue weighted by atomic mass is 9.78. The molecule has 1 aliphatic carbocycles. The molecule has 2 rings (SSSR count). The normalized spacial score (nSPS) is 21.9. The van der Waals surface area contributed by atoms with Crippen molar-refractivity contribution in [1.29, 1.82) is 0 Å². The molecule has 0 heterocycles. The summed E-state index contributed by atoms with van der Waals surface area (Å²) < 4.78 is 15.8. The minimum atomic E-state index is -0.597. The van der Waals surface area contributed by atoms with Gasteiger partial charge in [0.2, 0.25) is 0 Å². The summed E-state index contributed by atoms with van der Waals surface area (Å²) in [4.78, 5) is 24.0. The Morgan fingerprint density at radius 2 is 1.96 bits per heavy atom.